The fraction of sp³-hybridized carbons (Fsp3) is 0.778. The van der Waals surface area contributed by atoms with Crippen LogP contribution in [0.15, 0.2) is 0 Å². The first-order chi connectivity index (χ1) is 5.99. The van der Waals surface area contributed by atoms with Crippen LogP contribution in [0.4, 0.5) is 0 Å². The van der Waals surface area contributed by atoms with Gasteiger partial charge in [0.05, 0.1) is 6.26 Å². The summed E-state index contributed by atoms with van der Waals surface area (Å²) in [5.41, 5.74) is 0. The normalized spacial score (nSPS) is 13.2. The van der Waals surface area contributed by atoms with E-state index < -0.39 is 16.2 Å². The smallest absolute Gasteiger partial charge is 0.254 e. The second kappa shape index (κ2) is 6.01. The Morgan fingerprint density at radius 1 is 1.38 bits per heavy atom. The van der Waals surface area contributed by atoms with Crippen molar-refractivity contribution in [1.29, 1.82) is 0 Å². The summed E-state index contributed by atoms with van der Waals surface area (Å²) in [7, 11) is -3.38. The summed E-state index contributed by atoms with van der Waals surface area (Å²) in [6.45, 7) is 3.86. The van der Waals surface area contributed by atoms with Crippen LogP contribution in [-0.4, -0.2) is 20.8 Å². The maximum atomic E-state index is 10.7. The lowest BCUT2D eigenvalue weighted by Crippen LogP contribution is -2.14. The lowest BCUT2D eigenvalue weighted by molar-refractivity contribution is 0.262. The molecule has 0 aromatic carbocycles. The first-order valence-electron chi connectivity index (χ1n) is 4.36. The lowest BCUT2D eigenvalue weighted by Gasteiger charge is -2.06. The van der Waals surface area contributed by atoms with Crippen molar-refractivity contribution < 1.29 is 12.6 Å². The van der Waals surface area contributed by atoms with E-state index in [4.69, 9.17) is 4.18 Å². The van der Waals surface area contributed by atoms with Crippen LogP contribution in [0, 0.1) is 11.8 Å². The molecule has 1 unspecified atom stereocenters. The van der Waals surface area contributed by atoms with E-state index in [-0.39, 0.29) is 0 Å². The highest BCUT2D eigenvalue weighted by Crippen LogP contribution is 2.01. The molecule has 0 amide bonds. The highest BCUT2D eigenvalue weighted by molar-refractivity contribution is 7.86. The van der Waals surface area contributed by atoms with Crippen molar-refractivity contribution in [1.82, 2.24) is 0 Å². The van der Waals surface area contributed by atoms with Gasteiger partial charge >= 0.3 is 0 Å². The Hall–Kier alpha value is -0.530. The van der Waals surface area contributed by atoms with Crippen molar-refractivity contribution in [3.05, 3.63) is 0 Å². The zero-order chi connectivity index (χ0) is 10.3. The van der Waals surface area contributed by atoms with Crippen LogP contribution in [0.25, 0.3) is 0 Å². The van der Waals surface area contributed by atoms with Crippen LogP contribution in [0.1, 0.15) is 33.1 Å². The van der Waals surface area contributed by atoms with Gasteiger partial charge in [0.25, 0.3) is 10.1 Å². The molecule has 0 saturated heterocycles. The number of unbranched alkanes of at least 4 members (excludes halogenated alkanes) is 1. The molecule has 0 aliphatic carbocycles. The minimum Gasteiger partial charge on any atom is -0.254 e. The summed E-state index contributed by atoms with van der Waals surface area (Å²) in [6, 6.07) is 0. The van der Waals surface area contributed by atoms with Gasteiger partial charge in [0.15, 0.2) is 0 Å². The maximum Gasteiger partial charge on any atom is 0.265 e. The fourth-order valence-corrected chi connectivity index (χ4v) is 1.32. The van der Waals surface area contributed by atoms with E-state index >= 15 is 0 Å². The van der Waals surface area contributed by atoms with Gasteiger partial charge in [0.1, 0.15) is 6.10 Å². The maximum absolute atomic E-state index is 10.7. The zero-order valence-electron chi connectivity index (χ0n) is 8.33. The Labute approximate surface area is 80.6 Å². The zero-order valence-corrected chi connectivity index (χ0v) is 9.15. The number of hydrogen-bond acceptors (Lipinski definition) is 3. The summed E-state index contributed by atoms with van der Waals surface area (Å²) in [5.74, 6) is 5.64. The molecular weight excluding hydrogens is 188 g/mol. The van der Waals surface area contributed by atoms with Crippen LogP contribution in [0.3, 0.4) is 0 Å². The SMILES string of the molecule is CCCC#CC(CC)OS(C)(=O)=O. The molecule has 1 atom stereocenters. The molecular formula is C9H16O3S. The molecule has 0 bridgehead atoms. The molecule has 3 nitrogen and oxygen atoms in total. The highest BCUT2D eigenvalue weighted by atomic mass is 32.2. The molecule has 0 aliphatic heterocycles. The quantitative estimate of drug-likeness (QED) is 0.515. The van der Waals surface area contributed by atoms with Gasteiger partial charge in [-0.2, -0.15) is 8.42 Å². The Kier molecular flexibility index (Phi) is 5.76. The van der Waals surface area contributed by atoms with Crippen LogP contribution >= 0.6 is 0 Å². The minimum absolute atomic E-state index is 0.485. The molecule has 0 N–H and O–H groups in total. The third-order valence-corrected chi connectivity index (χ3v) is 1.88. The van der Waals surface area contributed by atoms with Crippen molar-refractivity contribution in [2.45, 2.75) is 39.2 Å². The first kappa shape index (κ1) is 12.5. The lowest BCUT2D eigenvalue weighted by atomic mass is 10.2. The van der Waals surface area contributed by atoms with E-state index in [1.165, 1.54) is 0 Å². The predicted molar refractivity (Wildman–Crippen MR) is 52.7 cm³/mol. The molecule has 0 aromatic heterocycles. The summed E-state index contributed by atoms with van der Waals surface area (Å²) < 4.78 is 26.2. The van der Waals surface area contributed by atoms with Crippen LogP contribution in [0.5, 0.6) is 0 Å². The van der Waals surface area contributed by atoms with Crippen molar-refractivity contribution in [3.63, 3.8) is 0 Å². The fourth-order valence-electron chi connectivity index (χ4n) is 0.716. The van der Waals surface area contributed by atoms with Crippen molar-refractivity contribution in [2.75, 3.05) is 6.26 Å². The third-order valence-electron chi connectivity index (χ3n) is 1.30. The molecule has 0 aromatic rings. The predicted octanol–water partition coefficient (Wildman–Crippen LogP) is 1.54. The van der Waals surface area contributed by atoms with E-state index in [1.54, 1.807) is 0 Å². The molecule has 0 heterocycles. The Morgan fingerprint density at radius 3 is 2.38 bits per heavy atom. The largest absolute Gasteiger partial charge is 0.265 e. The number of hydrogen-bond donors (Lipinski definition) is 0. The van der Waals surface area contributed by atoms with Crippen LogP contribution in [0.2, 0.25) is 0 Å². The van der Waals surface area contributed by atoms with Crippen molar-refractivity contribution >= 4 is 10.1 Å². The van der Waals surface area contributed by atoms with Crippen molar-refractivity contribution in [3.8, 4) is 11.8 Å². The molecule has 76 valence electrons. The first-order valence-corrected chi connectivity index (χ1v) is 6.18. The van der Waals surface area contributed by atoms with Crippen LogP contribution in [-0.2, 0) is 14.3 Å². The molecule has 4 heteroatoms. The van der Waals surface area contributed by atoms with Gasteiger partial charge in [-0.15, -0.1) is 5.92 Å². The summed E-state index contributed by atoms with van der Waals surface area (Å²) in [4.78, 5) is 0. The van der Waals surface area contributed by atoms with Crippen molar-refractivity contribution in [2.24, 2.45) is 0 Å². The van der Waals surface area contributed by atoms with Crippen LogP contribution < -0.4 is 0 Å². The summed E-state index contributed by atoms with van der Waals surface area (Å²) in [5, 5.41) is 0. The van der Waals surface area contributed by atoms with Gasteiger partial charge in [0, 0.05) is 6.42 Å². The second-order valence-corrected chi connectivity index (χ2v) is 4.37. The molecule has 0 radical (unpaired) electrons. The molecule has 0 rings (SSSR count). The monoisotopic (exact) mass is 204 g/mol. The standard InChI is InChI=1S/C9H16O3S/c1-4-6-7-8-9(5-2)12-13(3,10)11/h9H,4-6H2,1-3H3. The van der Waals surface area contributed by atoms with E-state index in [2.05, 4.69) is 11.8 Å². The van der Waals surface area contributed by atoms with E-state index in [1.807, 2.05) is 13.8 Å². The van der Waals surface area contributed by atoms with E-state index in [0.29, 0.717) is 6.42 Å². The molecule has 13 heavy (non-hydrogen) atoms. The van der Waals surface area contributed by atoms with E-state index in [0.717, 1.165) is 19.1 Å². The van der Waals surface area contributed by atoms with Gasteiger partial charge in [-0.05, 0) is 12.8 Å². The second-order valence-electron chi connectivity index (χ2n) is 2.77. The summed E-state index contributed by atoms with van der Waals surface area (Å²) in [6.07, 6.45) is 2.90. The Balaban J connectivity index is 4.15. The third kappa shape index (κ3) is 7.82. The Morgan fingerprint density at radius 2 is 2.00 bits per heavy atom. The average molecular weight is 204 g/mol. The van der Waals surface area contributed by atoms with E-state index in [9.17, 15) is 8.42 Å². The topological polar surface area (TPSA) is 43.4 Å². The van der Waals surface area contributed by atoms with Gasteiger partial charge < -0.3 is 0 Å². The number of rotatable bonds is 4. The molecule has 0 saturated carbocycles. The van der Waals surface area contributed by atoms with Gasteiger partial charge in [0.2, 0.25) is 0 Å². The Bertz CT molecular complexity index is 282. The summed E-state index contributed by atoms with van der Waals surface area (Å²) >= 11 is 0. The average Bonchev–Trinajstić information content (AvgIpc) is 2.01. The molecule has 0 fully saturated rings. The molecule has 0 aliphatic rings. The minimum atomic E-state index is -3.38. The highest BCUT2D eigenvalue weighted by Gasteiger charge is 2.09. The molecule has 0 spiro atoms. The van der Waals surface area contributed by atoms with Gasteiger partial charge in [-0.3, -0.25) is 4.18 Å². The van der Waals surface area contributed by atoms with Gasteiger partial charge in [-0.25, -0.2) is 0 Å². The van der Waals surface area contributed by atoms with Gasteiger partial charge in [-0.1, -0.05) is 19.8 Å².